The number of anilines is 1. The highest BCUT2D eigenvalue weighted by Crippen LogP contribution is 2.07. The molecule has 0 fully saturated rings. The van der Waals surface area contributed by atoms with Crippen molar-refractivity contribution in [2.45, 2.75) is 6.61 Å². The van der Waals surface area contributed by atoms with Gasteiger partial charge >= 0.3 is 5.97 Å². The summed E-state index contributed by atoms with van der Waals surface area (Å²) in [5.74, 6) is -0.0891. The molecule has 2 aromatic rings. The molecule has 0 saturated carbocycles. The molecule has 1 aromatic heterocycles. The van der Waals surface area contributed by atoms with Crippen LogP contribution in [-0.2, 0) is 18.4 Å². The number of nitrogens with zero attached hydrogens (tertiary/aromatic N) is 4. The van der Waals surface area contributed by atoms with Crippen molar-refractivity contribution in [1.82, 2.24) is 20.2 Å². The molecular weight excluding hydrogens is 222 g/mol. The molecule has 88 valence electrons. The summed E-state index contributed by atoms with van der Waals surface area (Å²) in [7, 11) is 1.64. The molecule has 0 atom stereocenters. The zero-order valence-electron chi connectivity index (χ0n) is 9.20. The van der Waals surface area contributed by atoms with E-state index in [0.29, 0.717) is 17.1 Å². The molecule has 0 radical (unpaired) electrons. The Bertz CT molecular complexity index is 520. The van der Waals surface area contributed by atoms with Gasteiger partial charge < -0.3 is 10.5 Å². The van der Waals surface area contributed by atoms with E-state index in [2.05, 4.69) is 15.4 Å². The fraction of sp³-hybridized carbons (Fsp3) is 0.200. The number of nitrogens with two attached hydrogens (primary N) is 1. The van der Waals surface area contributed by atoms with Crippen molar-refractivity contribution >= 4 is 11.7 Å². The number of esters is 1. The number of ether oxygens (including phenoxy) is 1. The van der Waals surface area contributed by atoms with Crippen molar-refractivity contribution in [3.05, 3.63) is 35.7 Å². The SMILES string of the molecule is Cn1nnc(COC(=O)c2ccc(N)cc2)n1. The first-order valence-electron chi connectivity index (χ1n) is 4.90. The highest BCUT2D eigenvalue weighted by Gasteiger charge is 2.08. The van der Waals surface area contributed by atoms with Gasteiger partial charge in [0, 0.05) is 5.69 Å². The van der Waals surface area contributed by atoms with E-state index in [1.807, 2.05) is 0 Å². The number of nitrogen functional groups attached to an aromatic ring is 1. The van der Waals surface area contributed by atoms with Gasteiger partial charge in [-0.2, -0.15) is 4.80 Å². The third kappa shape index (κ3) is 2.77. The predicted molar refractivity (Wildman–Crippen MR) is 58.8 cm³/mol. The molecule has 1 heterocycles. The van der Waals surface area contributed by atoms with Gasteiger partial charge in [-0.25, -0.2) is 4.79 Å². The van der Waals surface area contributed by atoms with E-state index in [4.69, 9.17) is 10.5 Å². The van der Waals surface area contributed by atoms with Crippen LogP contribution in [0.2, 0.25) is 0 Å². The largest absolute Gasteiger partial charge is 0.454 e. The van der Waals surface area contributed by atoms with E-state index in [0.717, 1.165) is 0 Å². The van der Waals surface area contributed by atoms with E-state index in [1.54, 1.807) is 31.3 Å². The predicted octanol–water partition coefficient (Wildman–Crippen LogP) is 0.149. The molecule has 2 rings (SSSR count). The molecule has 0 bridgehead atoms. The second-order valence-corrected chi connectivity index (χ2v) is 3.39. The number of benzene rings is 1. The van der Waals surface area contributed by atoms with Gasteiger partial charge in [-0.1, -0.05) is 0 Å². The second-order valence-electron chi connectivity index (χ2n) is 3.39. The fourth-order valence-corrected chi connectivity index (χ4v) is 1.21. The lowest BCUT2D eigenvalue weighted by Crippen LogP contribution is -2.06. The third-order valence-corrected chi connectivity index (χ3v) is 2.03. The summed E-state index contributed by atoms with van der Waals surface area (Å²) < 4.78 is 5.01. The number of aryl methyl sites for hydroxylation is 1. The Balaban J connectivity index is 1.95. The maximum atomic E-state index is 11.6. The average Bonchev–Trinajstić information content (AvgIpc) is 2.73. The third-order valence-electron chi connectivity index (χ3n) is 2.03. The molecule has 2 N–H and O–H groups in total. The number of hydrogen-bond acceptors (Lipinski definition) is 6. The first-order chi connectivity index (χ1) is 8.15. The number of carbonyl (C=O) groups is 1. The molecule has 0 aliphatic carbocycles. The normalized spacial score (nSPS) is 10.2. The van der Waals surface area contributed by atoms with Gasteiger partial charge in [-0.15, -0.1) is 10.2 Å². The quantitative estimate of drug-likeness (QED) is 0.598. The van der Waals surface area contributed by atoms with Gasteiger partial charge in [-0.05, 0) is 29.5 Å². The van der Waals surface area contributed by atoms with Gasteiger partial charge in [0.2, 0.25) is 5.82 Å². The van der Waals surface area contributed by atoms with Crippen LogP contribution in [-0.4, -0.2) is 26.2 Å². The van der Waals surface area contributed by atoms with E-state index >= 15 is 0 Å². The summed E-state index contributed by atoms with van der Waals surface area (Å²) in [4.78, 5) is 12.9. The lowest BCUT2D eigenvalue weighted by molar-refractivity contribution is 0.0462. The Morgan fingerprint density at radius 3 is 2.71 bits per heavy atom. The minimum absolute atomic E-state index is 0.00293. The van der Waals surface area contributed by atoms with Crippen LogP contribution in [0.15, 0.2) is 24.3 Å². The smallest absolute Gasteiger partial charge is 0.338 e. The maximum absolute atomic E-state index is 11.6. The summed E-state index contributed by atoms with van der Waals surface area (Å²) in [5, 5.41) is 11.2. The Labute approximate surface area is 97.2 Å². The van der Waals surface area contributed by atoms with Crippen LogP contribution in [0.4, 0.5) is 5.69 Å². The van der Waals surface area contributed by atoms with Crippen molar-refractivity contribution < 1.29 is 9.53 Å². The van der Waals surface area contributed by atoms with Gasteiger partial charge in [-0.3, -0.25) is 0 Å². The lowest BCUT2D eigenvalue weighted by atomic mass is 10.2. The van der Waals surface area contributed by atoms with Crippen molar-refractivity contribution in [3.63, 3.8) is 0 Å². The van der Waals surface area contributed by atoms with Gasteiger partial charge in [0.15, 0.2) is 6.61 Å². The van der Waals surface area contributed by atoms with Gasteiger partial charge in [0.25, 0.3) is 0 Å². The van der Waals surface area contributed by atoms with Crippen molar-refractivity contribution in [2.24, 2.45) is 7.05 Å². The first-order valence-corrected chi connectivity index (χ1v) is 4.90. The number of tetrazole rings is 1. The van der Waals surface area contributed by atoms with E-state index in [9.17, 15) is 4.79 Å². The molecule has 0 amide bonds. The van der Waals surface area contributed by atoms with E-state index in [-0.39, 0.29) is 6.61 Å². The molecule has 0 unspecified atom stereocenters. The standard InChI is InChI=1S/C10H11N5O2/c1-15-13-9(12-14-15)6-17-10(16)7-2-4-8(11)5-3-7/h2-5H,6,11H2,1H3. The number of aromatic nitrogens is 4. The molecule has 1 aromatic carbocycles. The highest BCUT2D eigenvalue weighted by molar-refractivity contribution is 5.89. The van der Waals surface area contributed by atoms with Gasteiger partial charge in [0.05, 0.1) is 12.6 Å². The summed E-state index contributed by atoms with van der Waals surface area (Å²) in [6.45, 7) is -0.00293. The Morgan fingerprint density at radius 2 is 2.12 bits per heavy atom. The van der Waals surface area contributed by atoms with Gasteiger partial charge in [0.1, 0.15) is 0 Å². The minimum atomic E-state index is -0.447. The monoisotopic (exact) mass is 233 g/mol. The Kier molecular flexibility index (Phi) is 2.99. The fourth-order valence-electron chi connectivity index (χ4n) is 1.21. The van der Waals surface area contributed by atoms with Crippen LogP contribution in [0.1, 0.15) is 16.2 Å². The first kappa shape index (κ1) is 11.1. The number of hydrogen-bond donors (Lipinski definition) is 1. The summed E-state index contributed by atoms with van der Waals surface area (Å²) in [6.07, 6.45) is 0. The molecule has 0 aliphatic rings. The molecule has 7 nitrogen and oxygen atoms in total. The summed E-state index contributed by atoms with van der Waals surface area (Å²) in [5.41, 5.74) is 6.54. The van der Waals surface area contributed by atoms with Crippen molar-refractivity contribution in [3.8, 4) is 0 Å². The minimum Gasteiger partial charge on any atom is -0.454 e. The Morgan fingerprint density at radius 1 is 1.41 bits per heavy atom. The van der Waals surface area contributed by atoms with Crippen LogP contribution in [0.3, 0.4) is 0 Å². The summed E-state index contributed by atoms with van der Waals surface area (Å²) in [6, 6.07) is 6.47. The molecule has 17 heavy (non-hydrogen) atoms. The number of rotatable bonds is 3. The second kappa shape index (κ2) is 4.60. The molecule has 0 saturated heterocycles. The zero-order valence-corrected chi connectivity index (χ0v) is 9.20. The Hall–Kier alpha value is -2.44. The lowest BCUT2D eigenvalue weighted by Gasteiger charge is -2.02. The van der Waals surface area contributed by atoms with Crippen molar-refractivity contribution in [2.75, 3.05) is 5.73 Å². The molecule has 7 heteroatoms. The van der Waals surface area contributed by atoms with Crippen LogP contribution in [0.5, 0.6) is 0 Å². The van der Waals surface area contributed by atoms with Crippen LogP contribution in [0.25, 0.3) is 0 Å². The topological polar surface area (TPSA) is 95.9 Å². The van der Waals surface area contributed by atoms with E-state index in [1.165, 1.54) is 4.80 Å². The van der Waals surface area contributed by atoms with Crippen LogP contribution >= 0.6 is 0 Å². The van der Waals surface area contributed by atoms with Crippen molar-refractivity contribution in [1.29, 1.82) is 0 Å². The van der Waals surface area contributed by atoms with E-state index < -0.39 is 5.97 Å². The van der Waals surface area contributed by atoms with Crippen LogP contribution < -0.4 is 5.73 Å². The molecule has 0 aliphatic heterocycles. The number of carbonyl (C=O) groups excluding carboxylic acids is 1. The zero-order chi connectivity index (χ0) is 12.3. The highest BCUT2D eigenvalue weighted by atomic mass is 16.5. The average molecular weight is 233 g/mol. The molecule has 0 spiro atoms. The molecular formula is C10H11N5O2. The van der Waals surface area contributed by atoms with Crippen LogP contribution in [0, 0.1) is 0 Å². The summed E-state index contributed by atoms with van der Waals surface area (Å²) >= 11 is 0. The maximum Gasteiger partial charge on any atom is 0.338 e.